The molecule has 108 valence electrons. The minimum absolute atomic E-state index is 0. The highest BCUT2D eigenvalue weighted by Crippen LogP contribution is 2.28. The molecular weight excluding hydrogens is 303 g/mol. The number of hydrogen-bond acceptors (Lipinski definition) is 3. The number of carbonyl (C=O) groups excluding carboxylic acids is 1. The van der Waals surface area contributed by atoms with Crippen LogP contribution in [-0.2, 0) is 0 Å². The van der Waals surface area contributed by atoms with Crippen LogP contribution >= 0.6 is 35.3 Å². The van der Waals surface area contributed by atoms with Crippen molar-refractivity contribution in [3.05, 3.63) is 20.8 Å². The summed E-state index contributed by atoms with van der Waals surface area (Å²) in [6.07, 6.45) is 5.55. The molecule has 1 aromatic rings. The Hall–Kier alpha value is -0.290. The van der Waals surface area contributed by atoms with Crippen molar-refractivity contribution in [3.8, 4) is 0 Å². The van der Waals surface area contributed by atoms with E-state index in [0.29, 0.717) is 16.4 Å². The van der Waals surface area contributed by atoms with E-state index in [9.17, 15) is 4.79 Å². The van der Waals surface area contributed by atoms with Crippen molar-refractivity contribution in [1.29, 1.82) is 0 Å². The van der Waals surface area contributed by atoms with Crippen molar-refractivity contribution in [1.82, 2.24) is 5.32 Å². The van der Waals surface area contributed by atoms with Gasteiger partial charge < -0.3 is 11.1 Å². The van der Waals surface area contributed by atoms with E-state index in [0.717, 1.165) is 31.2 Å². The second-order valence-corrected chi connectivity index (χ2v) is 6.43. The molecule has 0 aliphatic heterocycles. The molecule has 3 nitrogen and oxygen atoms in total. The zero-order valence-electron chi connectivity index (χ0n) is 11.0. The minimum Gasteiger partial charge on any atom is -0.349 e. The fourth-order valence-corrected chi connectivity index (χ4v) is 3.55. The smallest absolute Gasteiger partial charge is 0.262 e. The summed E-state index contributed by atoms with van der Waals surface area (Å²) in [5.74, 6) is -0.103. The Kier molecular flexibility index (Phi) is 6.12. The van der Waals surface area contributed by atoms with Crippen LogP contribution < -0.4 is 11.1 Å². The molecule has 0 atom stereocenters. The number of nitrogens with one attached hydrogen (secondary N) is 1. The molecule has 1 saturated carbocycles. The third-order valence-electron chi connectivity index (χ3n) is 3.56. The van der Waals surface area contributed by atoms with Gasteiger partial charge in [-0.05, 0) is 30.7 Å². The van der Waals surface area contributed by atoms with Gasteiger partial charge in [-0.15, -0.1) is 23.7 Å². The van der Waals surface area contributed by atoms with Crippen LogP contribution in [0.25, 0.3) is 0 Å². The molecule has 0 unspecified atom stereocenters. The summed E-state index contributed by atoms with van der Waals surface area (Å²) in [5.41, 5.74) is 7.01. The van der Waals surface area contributed by atoms with E-state index in [1.165, 1.54) is 17.8 Å². The summed E-state index contributed by atoms with van der Waals surface area (Å²) in [6, 6.07) is 0. The number of thiophene rings is 1. The molecule has 0 saturated heterocycles. The topological polar surface area (TPSA) is 55.1 Å². The van der Waals surface area contributed by atoms with Crippen molar-refractivity contribution < 1.29 is 4.79 Å². The van der Waals surface area contributed by atoms with Crippen molar-refractivity contribution in [2.45, 2.75) is 44.6 Å². The maximum absolute atomic E-state index is 12.0. The van der Waals surface area contributed by atoms with E-state index < -0.39 is 0 Å². The van der Waals surface area contributed by atoms with Crippen LogP contribution in [0.15, 0.2) is 5.38 Å². The summed E-state index contributed by atoms with van der Waals surface area (Å²) in [4.78, 5) is 12.6. The van der Waals surface area contributed by atoms with Crippen LogP contribution in [0.3, 0.4) is 0 Å². The minimum atomic E-state index is -0.229. The third kappa shape index (κ3) is 4.09. The van der Waals surface area contributed by atoms with Crippen LogP contribution in [0.5, 0.6) is 0 Å². The van der Waals surface area contributed by atoms with Gasteiger partial charge in [-0.2, -0.15) is 0 Å². The van der Waals surface area contributed by atoms with Gasteiger partial charge >= 0.3 is 0 Å². The van der Waals surface area contributed by atoms with Crippen LogP contribution in [-0.4, -0.2) is 18.0 Å². The molecule has 0 aromatic carbocycles. The van der Waals surface area contributed by atoms with Gasteiger partial charge in [-0.1, -0.05) is 30.9 Å². The highest BCUT2D eigenvalue weighted by molar-refractivity contribution is 7.13. The van der Waals surface area contributed by atoms with Gasteiger partial charge in [-0.3, -0.25) is 4.79 Å². The van der Waals surface area contributed by atoms with Crippen molar-refractivity contribution in [2.75, 3.05) is 6.54 Å². The molecule has 1 aromatic heterocycles. The van der Waals surface area contributed by atoms with E-state index in [4.69, 9.17) is 17.3 Å². The number of rotatable bonds is 3. The molecule has 1 aliphatic rings. The zero-order chi connectivity index (χ0) is 13.2. The first-order chi connectivity index (χ1) is 8.52. The Labute approximate surface area is 129 Å². The first-order valence-corrected chi connectivity index (χ1v) is 7.58. The maximum atomic E-state index is 12.0. The summed E-state index contributed by atoms with van der Waals surface area (Å²) in [7, 11) is 0. The molecule has 0 spiro atoms. The van der Waals surface area contributed by atoms with E-state index >= 15 is 0 Å². The molecule has 2 rings (SSSR count). The quantitative estimate of drug-likeness (QED) is 0.894. The number of amides is 1. The highest BCUT2D eigenvalue weighted by Gasteiger charge is 2.28. The van der Waals surface area contributed by atoms with Gasteiger partial charge in [0.15, 0.2) is 0 Å². The Balaban J connectivity index is 0.00000180. The molecule has 1 amide bonds. The lowest BCUT2D eigenvalue weighted by Crippen LogP contribution is -2.51. The molecule has 1 heterocycles. The number of halogens is 2. The molecule has 0 bridgehead atoms. The number of hydrogen-bond donors (Lipinski definition) is 2. The van der Waals surface area contributed by atoms with E-state index in [1.54, 1.807) is 0 Å². The number of carbonyl (C=O) groups is 1. The van der Waals surface area contributed by atoms with Gasteiger partial charge in [0.1, 0.15) is 4.88 Å². The number of nitrogens with two attached hydrogens (primary N) is 1. The first-order valence-electron chi connectivity index (χ1n) is 6.32. The Bertz CT molecular complexity index is 442. The van der Waals surface area contributed by atoms with Gasteiger partial charge in [0.2, 0.25) is 0 Å². The van der Waals surface area contributed by atoms with E-state index in [2.05, 4.69) is 5.32 Å². The maximum Gasteiger partial charge on any atom is 0.262 e. The second-order valence-electron chi connectivity index (χ2n) is 5.17. The largest absolute Gasteiger partial charge is 0.349 e. The summed E-state index contributed by atoms with van der Waals surface area (Å²) in [5, 5.41) is 5.39. The summed E-state index contributed by atoms with van der Waals surface area (Å²) in [6.45, 7) is 2.44. The van der Waals surface area contributed by atoms with E-state index in [-0.39, 0.29) is 23.9 Å². The molecule has 19 heavy (non-hydrogen) atoms. The average Bonchev–Trinajstić information content (AvgIpc) is 2.68. The molecule has 0 radical (unpaired) electrons. The fourth-order valence-electron chi connectivity index (χ4n) is 2.35. The van der Waals surface area contributed by atoms with Gasteiger partial charge in [0.25, 0.3) is 5.91 Å². The van der Waals surface area contributed by atoms with Crippen LogP contribution in [0.1, 0.15) is 47.3 Å². The lowest BCUT2D eigenvalue weighted by molar-refractivity contribution is 0.0942. The summed E-state index contributed by atoms with van der Waals surface area (Å²) >= 11 is 7.46. The monoisotopic (exact) mass is 322 g/mol. The molecule has 1 aliphatic carbocycles. The second kappa shape index (κ2) is 6.93. The van der Waals surface area contributed by atoms with Gasteiger partial charge in [0.05, 0.1) is 5.02 Å². The van der Waals surface area contributed by atoms with Crippen molar-refractivity contribution in [3.63, 3.8) is 0 Å². The van der Waals surface area contributed by atoms with E-state index in [1.807, 2.05) is 12.3 Å². The predicted molar refractivity (Wildman–Crippen MR) is 83.7 cm³/mol. The van der Waals surface area contributed by atoms with Crippen LogP contribution in [0, 0.1) is 6.92 Å². The normalized spacial score (nSPS) is 17.6. The lowest BCUT2D eigenvalue weighted by atomic mass is 9.82. The SMILES string of the molecule is Cc1csc(C(=O)NCC2(N)CCCCC2)c1Cl.Cl. The Morgan fingerprint density at radius 2 is 2.11 bits per heavy atom. The first kappa shape index (κ1) is 16.8. The van der Waals surface area contributed by atoms with Crippen molar-refractivity contribution >= 4 is 41.3 Å². The van der Waals surface area contributed by atoms with Gasteiger partial charge in [-0.25, -0.2) is 0 Å². The Morgan fingerprint density at radius 1 is 1.47 bits per heavy atom. The average molecular weight is 323 g/mol. The molecule has 6 heteroatoms. The van der Waals surface area contributed by atoms with Gasteiger partial charge in [0, 0.05) is 12.1 Å². The molecule has 1 fully saturated rings. The predicted octanol–water partition coefficient (Wildman–Crippen LogP) is 3.52. The van der Waals surface area contributed by atoms with Crippen LogP contribution in [0.4, 0.5) is 0 Å². The molecular formula is C13H20Cl2N2OS. The summed E-state index contributed by atoms with van der Waals surface area (Å²) < 4.78 is 0. The zero-order valence-corrected chi connectivity index (χ0v) is 13.4. The number of aryl methyl sites for hydroxylation is 1. The molecule has 3 N–H and O–H groups in total. The van der Waals surface area contributed by atoms with Crippen molar-refractivity contribution in [2.24, 2.45) is 5.73 Å². The van der Waals surface area contributed by atoms with Crippen LogP contribution in [0.2, 0.25) is 5.02 Å². The fraction of sp³-hybridized carbons (Fsp3) is 0.615. The third-order valence-corrected chi connectivity index (χ3v) is 5.25. The standard InChI is InChI=1S/C13H19ClN2OS.ClH/c1-9-7-18-11(10(9)14)12(17)16-8-13(15)5-3-2-4-6-13;/h7H,2-6,8,15H2,1H3,(H,16,17);1H. The highest BCUT2D eigenvalue weighted by atomic mass is 35.5. The lowest BCUT2D eigenvalue weighted by Gasteiger charge is -2.33. The Morgan fingerprint density at radius 3 is 2.63 bits per heavy atom.